The second-order valence-electron chi connectivity index (χ2n) is 3.48. The summed E-state index contributed by atoms with van der Waals surface area (Å²) in [6.07, 6.45) is 3.42. The average Bonchev–Trinajstić information content (AvgIpc) is 2.24. The second kappa shape index (κ2) is 4.61. The smallest absolute Gasteiger partial charge is 0.126 e. The molecule has 82 valence electrons. The summed E-state index contributed by atoms with van der Waals surface area (Å²) in [5, 5.41) is 3.15. The summed E-state index contributed by atoms with van der Waals surface area (Å²) in [4.78, 5) is 4.04. The van der Waals surface area contributed by atoms with Crippen LogP contribution in [0, 0.1) is 12.7 Å². The van der Waals surface area contributed by atoms with Gasteiger partial charge in [0.25, 0.3) is 0 Å². The van der Waals surface area contributed by atoms with E-state index in [2.05, 4.69) is 26.2 Å². The molecule has 2 rings (SSSR count). The molecule has 0 unspecified atom stereocenters. The molecule has 0 fully saturated rings. The number of pyridine rings is 1. The van der Waals surface area contributed by atoms with Gasteiger partial charge in [-0.25, -0.2) is 4.39 Å². The number of aromatic nitrogens is 1. The molecule has 0 spiro atoms. The molecule has 0 aliphatic rings. The Morgan fingerprint density at radius 3 is 2.69 bits per heavy atom. The zero-order valence-corrected chi connectivity index (χ0v) is 10.3. The molecular weight excluding hydrogens is 271 g/mol. The maximum Gasteiger partial charge on any atom is 0.126 e. The van der Waals surface area contributed by atoms with Gasteiger partial charge in [0, 0.05) is 16.4 Å². The van der Waals surface area contributed by atoms with Crippen LogP contribution in [0.5, 0.6) is 0 Å². The monoisotopic (exact) mass is 280 g/mol. The molecular formula is C12H10BrFN2. The summed E-state index contributed by atoms with van der Waals surface area (Å²) in [6.45, 7) is 1.74. The van der Waals surface area contributed by atoms with Crippen LogP contribution in [0.25, 0.3) is 0 Å². The van der Waals surface area contributed by atoms with Crippen molar-refractivity contribution in [3.8, 4) is 0 Å². The van der Waals surface area contributed by atoms with E-state index >= 15 is 0 Å². The molecule has 0 amide bonds. The molecule has 4 heteroatoms. The third-order valence-electron chi connectivity index (χ3n) is 2.15. The van der Waals surface area contributed by atoms with Crippen LogP contribution < -0.4 is 5.32 Å². The van der Waals surface area contributed by atoms with Crippen LogP contribution in [-0.4, -0.2) is 4.98 Å². The predicted molar refractivity (Wildman–Crippen MR) is 66.4 cm³/mol. The molecule has 1 N–H and O–H groups in total. The zero-order chi connectivity index (χ0) is 11.5. The van der Waals surface area contributed by atoms with Gasteiger partial charge in [0.05, 0.1) is 11.9 Å². The lowest BCUT2D eigenvalue weighted by Crippen LogP contribution is -1.92. The lowest BCUT2D eigenvalue weighted by molar-refractivity contribution is 0.619. The molecule has 16 heavy (non-hydrogen) atoms. The number of aryl methyl sites for hydroxylation is 1. The number of hydrogen-bond acceptors (Lipinski definition) is 2. The van der Waals surface area contributed by atoms with E-state index < -0.39 is 0 Å². The van der Waals surface area contributed by atoms with Crippen molar-refractivity contribution in [3.63, 3.8) is 0 Å². The molecule has 1 heterocycles. The van der Waals surface area contributed by atoms with Crippen molar-refractivity contribution in [2.24, 2.45) is 0 Å². The summed E-state index contributed by atoms with van der Waals surface area (Å²) >= 11 is 3.34. The fourth-order valence-corrected chi connectivity index (χ4v) is 1.73. The lowest BCUT2D eigenvalue weighted by Gasteiger charge is -2.07. The Labute approximate surface area is 102 Å². The van der Waals surface area contributed by atoms with Crippen molar-refractivity contribution in [1.82, 2.24) is 4.98 Å². The van der Waals surface area contributed by atoms with Gasteiger partial charge in [-0.3, -0.25) is 4.98 Å². The summed E-state index contributed by atoms with van der Waals surface area (Å²) in [5.41, 5.74) is 2.33. The minimum atomic E-state index is -0.196. The van der Waals surface area contributed by atoms with Gasteiger partial charge in [-0.1, -0.05) is 0 Å². The largest absolute Gasteiger partial charge is 0.354 e. The maximum atomic E-state index is 13.1. The number of nitrogens with zero attached hydrogens (tertiary/aromatic N) is 1. The number of anilines is 2. The summed E-state index contributed by atoms with van der Waals surface area (Å²) in [5.74, 6) is -0.196. The summed E-state index contributed by atoms with van der Waals surface area (Å²) in [7, 11) is 0. The first-order chi connectivity index (χ1) is 7.65. The van der Waals surface area contributed by atoms with E-state index in [1.807, 2.05) is 6.07 Å². The lowest BCUT2D eigenvalue weighted by atomic mass is 10.2. The van der Waals surface area contributed by atoms with E-state index in [0.29, 0.717) is 5.56 Å². The highest BCUT2D eigenvalue weighted by Crippen LogP contribution is 2.20. The number of nitrogens with one attached hydrogen (secondary N) is 1. The number of hydrogen-bond donors (Lipinski definition) is 1. The van der Waals surface area contributed by atoms with E-state index in [1.54, 1.807) is 31.5 Å². The number of benzene rings is 1. The Bertz CT molecular complexity index is 514. The van der Waals surface area contributed by atoms with Crippen LogP contribution in [-0.2, 0) is 0 Å². The average molecular weight is 281 g/mol. The predicted octanol–water partition coefficient (Wildman–Crippen LogP) is 4.04. The Morgan fingerprint density at radius 1 is 1.19 bits per heavy atom. The van der Waals surface area contributed by atoms with Gasteiger partial charge in [-0.2, -0.15) is 0 Å². The van der Waals surface area contributed by atoms with Gasteiger partial charge in [-0.15, -0.1) is 0 Å². The number of halogens is 2. The molecule has 0 saturated heterocycles. The van der Waals surface area contributed by atoms with Crippen molar-refractivity contribution in [2.75, 3.05) is 5.32 Å². The standard InChI is InChI=1S/C12H10BrFN2/c1-8-4-10(2-3-12(8)14)16-11-5-9(13)6-15-7-11/h2-7,16H,1H3. The highest BCUT2D eigenvalue weighted by Gasteiger charge is 2.00. The normalized spacial score (nSPS) is 10.2. The molecule has 0 aliphatic heterocycles. The second-order valence-corrected chi connectivity index (χ2v) is 4.40. The van der Waals surface area contributed by atoms with Crippen molar-refractivity contribution in [2.45, 2.75) is 6.92 Å². The van der Waals surface area contributed by atoms with Crippen LogP contribution in [0.2, 0.25) is 0 Å². The molecule has 2 aromatic rings. The van der Waals surface area contributed by atoms with Gasteiger partial charge < -0.3 is 5.32 Å². The van der Waals surface area contributed by atoms with Crippen molar-refractivity contribution >= 4 is 27.3 Å². The fourth-order valence-electron chi connectivity index (χ4n) is 1.37. The maximum absolute atomic E-state index is 13.1. The van der Waals surface area contributed by atoms with Crippen LogP contribution >= 0.6 is 15.9 Å². The zero-order valence-electron chi connectivity index (χ0n) is 8.67. The Morgan fingerprint density at radius 2 is 2.00 bits per heavy atom. The molecule has 2 nitrogen and oxygen atoms in total. The van der Waals surface area contributed by atoms with E-state index in [4.69, 9.17) is 0 Å². The first-order valence-corrected chi connectivity index (χ1v) is 5.58. The third kappa shape index (κ3) is 2.58. The number of rotatable bonds is 2. The van der Waals surface area contributed by atoms with Crippen molar-refractivity contribution < 1.29 is 4.39 Å². The Hall–Kier alpha value is -1.42. The molecule has 0 atom stereocenters. The molecule has 0 saturated carbocycles. The first-order valence-electron chi connectivity index (χ1n) is 4.79. The van der Waals surface area contributed by atoms with Gasteiger partial charge in [-0.05, 0) is 52.7 Å². The van der Waals surface area contributed by atoms with Crippen molar-refractivity contribution in [1.29, 1.82) is 0 Å². The summed E-state index contributed by atoms with van der Waals surface area (Å²) < 4.78 is 14.0. The topological polar surface area (TPSA) is 24.9 Å². The van der Waals surface area contributed by atoms with E-state index in [1.165, 1.54) is 6.07 Å². The molecule has 0 aliphatic carbocycles. The van der Waals surface area contributed by atoms with Crippen LogP contribution in [0.4, 0.5) is 15.8 Å². The first kappa shape index (κ1) is 11.1. The Kier molecular flexibility index (Phi) is 3.19. The molecule has 0 radical (unpaired) electrons. The van der Waals surface area contributed by atoms with Gasteiger partial charge in [0.1, 0.15) is 5.82 Å². The molecule has 1 aromatic heterocycles. The summed E-state index contributed by atoms with van der Waals surface area (Å²) in [6, 6.07) is 6.81. The van der Waals surface area contributed by atoms with Crippen LogP contribution in [0.15, 0.2) is 41.1 Å². The van der Waals surface area contributed by atoms with Gasteiger partial charge >= 0.3 is 0 Å². The highest BCUT2D eigenvalue weighted by molar-refractivity contribution is 9.10. The van der Waals surface area contributed by atoms with Crippen LogP contribution in [0.3, 0.4) is 0 Å². The quantitative estimate of drug-likeness (QED) is 0.898. The van der Waals surface area contributed by atoms with E-state index in [9.17, 15) is 4.39 Å². The van der Waals surface area contributed by atoms with E-state index in [0.717, 1.165) is 15.8 Å². The Balaban J connectivity index is 2.24. The minimum Gasteiger partial charge on any atom is -0.354 e. The van der Waals surface area contributed by atoms with Gasteiger partial charge in [0.2, 0.25) is 0 Å². The minimum absolute atomic E-state index is 0.196. The SMILES string of the molecule is Cc1cc(Nc2cncc(Br)c2)ccc1F. The molecule has 1 aromatic carbocycles. The molecule has 0 bridgehead atoms. The van der Waals surface area contributed by atoms with Crippen LogP contribution in [0.1, 0.15) is 5.56 Å². The van der Waals surface area contributed by atoms with Crippen molar-refractivity contribution in [3.05, 3.63) is 52.5 Å². The van der Waals surface area contributed by atoms with Gasteiger partial charge in [0.15, 0.2) is 0 Å². The fraction of sp³-hybridized carbons (Fsp3) is 0.0833. The van der Waals surface area contributed by atoms with E-state index in [-0.39, 0.29) is 5.82 Å². The third-order valence-corrected chi connectivity index (χ3v) is 2.59. The highest BCUT2D eigenvalue weighted by atomic mass is 79.9.